The number of carbonyl (C=O) groups is 1. The van der Waals surface area contributed by atoms with Crippen molar-refractivity contribution in [2.24, 2.45) is 0 Å². The second kappa shape index (κ2) is 11.9. The van der Waals surface area contributed by atoms with Crippen LogP contribution >= 0.6 is 7.75 Å². The lowest BCUT2D eigenvalue weighted by Gasteiger charge is -2.24. The summed E-state index contributed by atoms with van der Waals surface area (Å²) in [5.41, 5.74) is 6.84. The van der Waals surface area contributed by atoms with Gasteiger partial charge in [0.15, 0.2) is 23.2 Å². The summed E-state index contributed by atoms with van der Waals surface area (Å²) in [5.74, 6) is 0.263. The first-order valence-corrected chi connectivity index (χ1v) is 15.1. The van der Waals surface area contributed by atoms with Crippen LogP contribution < -0.4 is 20.2 Å². The van der Waals surface area contributed by atoms with Crippen LogP contribution in [0, 0.1) is 0 Å². The Bertz CT molecular complexity index is 1420. The van der Waals surface area contributed by atoms with E-state index in [0.29, 0.717) is 23.0 Å². The number of nitrogen functional groups attached to an aromatic ring is 1. The molecule has 13 nitrogen and oxygen atoms in total. The third-order valence-electron chi connectivity index (χ3n) is 6.71. The van der Waals surface area contributed by atoms with Crippen LogP contribution in [0.4, 0.5) is 16.2 Å². The van der Waals surface area contributed by atoms with E-state index in [9.17, 15) is 9.36 Å². The molecule has 222 valence electrons. The molecule has 41 heavy (non-hydrogen) atoms. The maximum atomic E-state index is 15.3. The summed E-state index contributed by atoms with van der Waals surface area (Å²) in [5, 5.41) is 2.62. The summed E-state index contributed by atoms with van der Waals surface area (Å²) >= 11 is 0. The Kier molecular flexibility index (Phi) is 8.46. The van der Waals surface area contributed by atoms with Gasteiger partial charge in [-0.25, -0.2) is 13.9 Å². The van der Waals surface area contributed by atoms with Gasteiger partial charge >= 0.3 is 13.7 Å². The first-order valence-electron chi connectivity index (χ1n) is 13.5. The number of anilines is 2. The lowest BCUT2D eigenvalue weighted by Crippen LogP contribution is -2.36. The van der Waals surface area contributed by atoms with Crippen molar-refractivity contribution in [3.05, 3.63) is 36.7 Å². The van der Waals surface area contributed by atoms with E-state index in [-0.39, 0.29) is 30.8 Å². The number of alkyl halides is 1. The number of para-hydroxylation sites is 1. The van der Waals surface area contributed by atoms with Gasteiger partial charge in [0.1, 0.15) is 18.0 Å². The molecule has 2 fully saturated rings. The number of aromatic nitrogens is 4. The van der Waals surface area contributed by atoms with Gasteiger partial charge in [0.05, 0.1) is 25.1 Å². The number of nitrogens with zero attached hydrogens (tertiary/aromatic N) is 5. The molecular formula is C26H35FN7O6P. The molecule has 3 N–H and O–H groups in total. The summed E-state index contributed by atoms with van der Waals surface area (Å²) in [4.78, 5) is 27.5. The molecule has 2 aromatic heterocycles. The van der Waals surface area contributed by atoms with Crippen molar-refractivity contribution in [2.75, 3.05) is 24.3 Å². The van der Waals surface area contributed by atoms with E-state index in [2.05, 4.69) is 20.0 Å². The highest BCUT2D eigenvalue weighted by molar-refractivity contribution is 7.52. The smallest absolute Gasteiger partial charge is 0.459 e. The minimum Gasteiger partial charge on any atom is -0.462 e. The van der Waals surface area contributed by atoms with Gasteiger partial charge in [0, 0.05) is 19.5 Å². The summed E-state index contributed by atoms with van der Waals surface area (Å²) < 4.78 is 53.1. The molecule has 0 radical (unpaired) electrons. The fraction of sp³-hybridized carbons (Fsp3) is 0.538. The van der Waals surface area contributed by atoms with Crippen LogP contribution in [0.2, 0.25) is 0 Å². The Morgan fingerprint density at radius 3 is 2.68 bits per heavy atom. The lowest BCUT2D eigenvalue weighted by atomic mass is 10.2. The molecule has 1 aliphatic heterocycles. The van der Waals surface area contributed by atoms with E-state index in [1.165, 1.54) is 17.8 Å². The van der Waals surface area contributed by atoms with E-state index >= 15 is 4.39 Å². The van der Waals surface area contributed by atoms with Crippen molar-refractivity contribution >= 4 is 36.6 Å². The molecule has 1 saturated carbocycles. The molecule has 5 rings (SSSR count). The zero-order valence-electron chi connectivity index (χ0n) is 23.3. The number of carbonyl (C=O) groups excluding carboxylic acids is 1. The highest BCUT2D eigenvalue weighted by Gasteiger charge is 2.41. The van der Waals surface area contributed by atoms with Gasteiger partial charge < -0.3 is 24.6 Å². The third kappa shape index (κ3) is 6.78. The first kappa shape index (κ1) is 29.2. The zero-order valence-corrected chi connectivity index (χ0v) is 24.2. The SMILES string of the molecule is CC(C)OC(=O)[C@H](C)N[P@](=O)(OC[C@@H]1C[C@H](F)[C@H](n2cnc3c(N(C)C4CC4)nc(N)nc32)O1)Oc1ccccc1. The number of benzene rings is 1. The largest absolute Gasteiger partial charge is 0.462 e. The van der Waals surface area contributed by atoms with Crippen LogP contribution in [0.5, 0.6) is 5.75 Å². The molecule has 3 heterocycles. The van der Waals surface area contributed by atoms with Crippen molar-refractivity contribution in [1.29, 1.82) is 0 Å². The number of halogens is 1. The number of hydrogen-bond donors (Lipinski definition) is 2. The number of nitrogens with one attached hydrogen (secondary N) is 1. The van der Waals surface area contributed by atoms with Gasteiger partial charge in [-0.05, 0) is 45.7 Å². The van der Waals surface area contributed by atoms with E-state index in [1.807, 2.05) is 11.9 Å². The van der Waals surface area contributed by atoms with Gasteiger partial charge in [0.2, 0.25) is 5.95 Å². The standard InChI is InChI=1S/C26H35FN7O6P/c1-15(2)38-25(35)16(3)32-41(36,40-18-8-6-5-7-9-18)37-13-19-12-20(27)24(39-19)34-14-29-21-22(33(4)17-10-11-17)30-26(28)31-23(21)34/h5-9,14-17,19-20,24H,10-13H2,1-4H3,(H,32,36)(H2,28,30,31)/t16-,19-,20-,24+,41-/m0/s1. The van der Waals surface area contributed by atoms with Crippen LogP contribution in [0.25, 0.3) is 11.2 Å². The van der Waals surface area contributed by atoms with Crippen molar-refractivity contribution in [2.45, 2.75) is 76.7 Å². The van der Waals surface area contributed by atoms with E-state index in [4.69, 9.17) is 24.3 Å². The van der Waals surface area contributed by atoms with E-state index in [1.54, 1.807) is 44.2 Å². The number of nitrogens with two attached hydrogens (primary N) is 1. The fourth-order valence-electron chi connectivity index (χ4n) is 4.55. The Morgan fingerprint density at radius 1 is 1.27 bits per heavy atom. The van der Waals surface area contributed by atoms with E-state index < -0.39 is 38.3 Å². The summed E-state index contributed by atoms with van der Waals surface area (Å²) in [6.45, 7) is 4.62. The van der Waals surface area contributed by atoms with Gasteiger partial charge in [-0.3, -0.25) is 13.9 Å². The van der Waals surface area contributed by atoms with Crippen LogP contribution in [0.15, 0.2) is 36.7 Å². The predicted molar refractivity (Wildman–Crippen MR) is 149 cm³/mol. The summed E-state index contributed by atoms with van der Waals surface area (Å²) in [6.07, 6.45) is -0.148. The Balaban J connectivity index is 1.30. The highest BCUT2D eigenvalue weighted by atomic mass is 31.2. The Labute approximate surface area is 237 Å². The van der Waals surface area contributed by atoms with Crippen LogP contribution in [0.3, 0.4) is 0 Å². The quantitative estimate of drug-likeness (QED) is 0.233. The number of rotatable bonds is 12. The maximum absolute atomic E-state index is 15.3. The van der Waals surface area contributed by atoms with Gasteiger partial charge in [-0.2, -0.15) is 15.1 Å². The van der Waals surface area contributed by atoms with Crippen LogP contribution in [-0.4, -0.2) is 69.6 Å². The fourth-order valence-corrected chi connectivity index (χ4v) is 6.07. The van der Waals surface area contributed by atoms with Gasteiger partial charge in [-0.1, -0.05) is 18.2 Å². The van der Waals surface area contributed by atoms with Crippen LogP contribution in [0.1, 0.15) is 46.3 Å². The third-order valence-corrected chi connectivity index (χ3v) is 8.35. The average Bonchev–Trinajstić information content (AvgIpc) is 3.59. The van der Waals surface area contributed by atoms with Crippen molar-refractivity contribution < 1.29 is 32.3 Å². The lowest BCUT2D eigenvalue weighted by molar-refractivity contribution is -0.149. The molecule has 0 bridgehead atoms. The average molecular weight is 592 g/mol. The molecule has 1 saturated heterocycles. The van der Waals surface area contributed by atoms with E-state index in [0.717, 1.165) is 12.8 Å². The van der Waals surface area contributed by atoms with Crippen molar-refractivity contribution in [1.82, 2.24) is 24.6 Å². The van der Waals surface area contributed by atoms with Crippen LogP contribution in [-0.2, 0) is 23.4 Å². The normalized spacial score (nSPS) is 22.9. The second-order valence-electron chi connectivity index (χ2n) is 10.5. The first-order chi connectivity index (χ1) is 19.5. The number of fused-ring (bicyclic) bond motifs is 1. The topological polar surface area (TPSA) is 156 Å². The molecule has 0 unspecified atom stereocenters. The number of hydrogen-bond acceptors (Lipinski definition) is 11. The molecule has 15 heteroatoms. The van der Waals surface area contributed by atoms with Gasteiger partial charge in [0.25, 0.3) is 0 Å². The number of ether oxygens (including phenoxy) is 2. The predicted octanol–water partition coefficient (Wildman–Crippen LogP) is 3.77. The molecule has 5 atom stereocenters. The number of imidazole rings is 1. The van der Waals surface area contributed by atoms with Gasteiger partial charge in [-0.15, -0.1) is 0 Å². The minimum atomic E-state index is -4.13. The van der Waals surface area contributed by atoms with Crippen molar-refractivity contribution in [3.8, 4) is 5.75 Å². The monoisotopic (exact) mass is 591 g/mol. The molecule has 0 spiro atoms. The Morgan fingerprint density at radius 2 is 2.00 bits per heavy atom. The second-order valence-corrected chi connectivity index (χ2v) is 12.2. The Hall–Kier alpha value is -3.32. The summed E-state index contributed by atoms with van der Waals surface area (Å²) in [6, 6.07) is 7.72. The molecule has 3 aromatic rings. The van der Waals surface area contributed by atoms with Crippen molar-refractivity contribution in [3.63, 3.8) is 0 Å². The molecule has 0 amide bonds. The highest BCUT2D eigenvalue weighted by Crippen LogP contribution is 2.46. The molecule has 1 aromatic carbocycles. The zero-order chi connectivity index (χ0) is 29.3. The maximum Gasteiger partial charge on any atom is 0.459 e. The molecule has 2 aliphatic rings. The molecule has 1 aliphatic carbocycles. The summed E-state index contributed by atoms with van der Waals surface area (Å²) in [7, 11) is -2.21. The minimum absolute atomic E-state index is 0.0456. The number of esters is 1. The molecular weight excluding hydrogens is 556 g/mol.